The van der Waals surface area contributed by atoms with Gasteiger partial charge in [-0.1, -0.05) is 0 Å². The molecule has 0 amide bonds. The zero-order valence-electron chi connectivity index (χ0n) is 6.78. The molecule has 0 saturated carbocycles. The number of methoxy groups -OCH3 is 1. The van der Waals surface area contributed by atoms with E-state index in [0.29, 0.717) is 6.61 Å². The van der Waals surface area contributed by atoms with E-state index in [9.17, 15) is 0 Å². The first-order valence-corrected chi connectivity index (χ1v) is 3.72. The summed E-state index contributed by atoms with van der Waals surface area (Å²) in [5.74, 6) is 0. The van der Waals surface area contributed by atoms with Gasteiger partial charge in [0.25, 0.3) is 0 Å². The van der Waals surface area contributed by atoms with Crippen LogP contribution in [0.3, 0.4) is 0 Å². The van der Waals surface area contributed by atoms with Gasteiger partial charge in [0.2, 0.25) is 0 Å². The fourth-order valence-electron chi connectivity index (χ4n) is 1.20. The molecule has 0 bridgehead atoms. The van der Waals surface area contributed by atoms with E-state index in [1.165, 1.54) is 0 Å². The van der Waals surface area contributed by atoms with Crippen molar-refractivity contribution in [1.29, 1.82) is 0 Å². The van der Waals surface area contributed by atoms with Crippen molar-refractivity contribution in [3.8, 4) is 0 Å². The molecule has 0 aliphatic carbocycles. The van der Waals surface area contributed by atoms with E-state index >= 15 is 0 Å². The molecule has 0 aliphatic heterocycles. The van der Waals surface area contributed by atoms with Gasteiger partial charge in [-0.3, -0.25) is 4.98 Å². The summed E-state index contributed by atoms with van der Waals surface area (Å²) in [6.07, 6.45) is 3.39. The van der Waals surface area contributed by atoms with Gasteiger partial charge in [-0.15, -0.1) is 0 Å². The van der Waals surface area contributed by atoms with Gasteiger partial charge in [-0.2, -0.15) is 0 Å². The minimum atomic E-state index is 0.562. The lowest BCUT2D eigenvalue weighted by molar-refractivity contribution is 0.185. The second-order valence-corrected chi connectivity index (χ2v) is 2.54. The molecule has 0 saturated heterocycles. The Morgan fingerprint density at radius 3 is 3.25 bits per heavy atom. The van der Waals surface area contributed by atoms with Crippen molar-refractivity contribution in [1.82, 2.24) is 4.98 Å². The van der Waals surface area contributed by atoms with E-state index in [1.54, 1.807) is 19.6 Å². The van der Waals surface area contributed by atoms with Crippen molar-refractivity contribution in [3.05, 3.63) is 30.2 Å². The van der Waals surface area contributed by atoms with E-state index in [0.717, 1.165) is 16.7 Å². The van der Waals surface area contributed by atoms with Gasteiger partial charge in [-0.25, -0.2) is 0 Å². The maximum atomic E-state index is 5.26. The zero-order valence-corrected chi connectivity index (χ0v) is 6.78. The van der Waals surface area contributed by atoms with Crippen LogP contribution < -0.4 is 0 Å². The molecule has 2 aromatic heterocycles. The Morgan fingerprint density at radius 2 is 2.42 bits per heavy atom. The average molecular weight is 163 g/mol. The molecular formula is C9H9NO2. The molecule has 3 nitrogen and oxygen atoms in total. The van der Waals surface area contributed by atoms with Crippen molar-refractivity contribution >= 4 is 11.1 Å². The highest BCUT2D eigenvalue weighted by atomic mass is 16.5. The number of hydrogen-bond donors (Lipinski definition) is 0. The van der Waals surface area contributed by atoms with Crippen LogP contribution in [0.25, 0.3) is 11.1 Å². The molecule has 0 spiro atoms. The lowest BCUT2D eigenvalue weighted by atomic mass is 10.2. The van der Waals surface area contributed by atoms with Crippen LogP contribution in [0, 0.1) is 0 Å². The fraction of sp³-hybridized carbons (Fsp3) is 0.222. The van der Waals surface area contributed by atoms with Crippen LogP contribution in [-0.4, -0.2) is 12.1 Å². The Morgan fingerprint density at radius 1 is 1.50 bits per heavy atom. The number of hydrogen-bond acceptors (Lipinski definition) is 3. The number of furan rings is 1. The molecule has 0 aliphatic rings. The first-order chi connectivity index (χ1) is 5.92. The van der Waals surface area contributed by atoms with Crippen molar-refractivity contribution < 1.29 is 9.15 Å². The fourth-order valence-corrected chi connectivity index (χ4v) is 1.20. The van der Waals surface area contributed by atoms with Gasteiger partial charge in [-0.05, 0) is 6.07 Å². The van der Waals surface area contributed by atoms with Crippen LogP contribution in [0.15, 0.2) is 29.0 Å². The minimum absolute atomic E-state index is 0.562. The monoisotopic (exact) mass is 163 g/mol. The topological polar surface area (TPSA) is 35.3 Å². The molecule has 3 heteroatoms. The number of rotatable bonds is 2. The number of ether oxygens (including phenoxy) is 1. The molecule has 0 aromatic carbocycles. The number of aromatic nitrogens is 1. The molecule has 0 N–H and O–H groups in total. The number of nitrogens with zero attached hydrogens (tertiary/aromatic N) is 1. The SMILES string of the molecule is COCc1ccnc2ccoc12. The minimum Gasteiger partial charge on any atom is -0.462 e. The summed E-state index contributed by atoms with van der Waals surface area (Å²) < 4.78 is 10.3. The van der Waals surface area contributed by atoms with Gasteiger partial charge in [0.1, 0.15) is 5.52 Å². The molecule has 12 heavy (non-hydrogen) atoms. The average Bonchev–Trinajstić information content (AvgIpc) is 2.53. The molecule has 2 heterocycles. The first-order valence-electron chi connectivity index (χ1n) is 3.72. The standard InChI is InChI=1S/C9H9NO2/c1-11-6-7-2-4-10-8-3-5-12-9(7)8/h2-5H,6H2,1H3. The Hall–Kier alpha value is -1.35. The van der Waals surface area contributed by atoms with E-state index in [4.69, 9.17) is 9.15 Å². The van der Waals surface area contributed by atoms with Gasteiger partial charge in [0.15, 0.2) is 5.58 Å². The highest BCUT2D eigenvalue weighted by molar-refractivity contribution is 5.75. The Labute approximate surface area is 70.0 Å². The maximum Gasteiger partial charge on any atom is 0.157 e. The van der Waals surface area contributed by atoms with Crippen molar-refractivity contribution in [2.24, 2.45) is 0 Å². The molecular weight excluding hydrogens is 154 g/mol. The van der Waals surface area contributed by atoms with Crippen LogP contribution >= 0.6 is 0 Å². The smallest absolute Gasteiger partial charge is 0.157 e. The van der Waals surface area contributed by atoms with Crippen LogP contribution in [0.1, 0.15) is 5.56 Å². The molecule has 2 aromatic rings. The van der Waals surface area contributed by atoms with Gasteiger partial charge >= 0.3 is 0 Å². The summed E-state index contributed by atoms with van der Waals surface area (Å²) in [6.45, 7) is 0.562. The summed E-state index contributed by atoms with van der Waals surface area (Å²) in [4.78, 5) is 4.13. The molecule has 0 atom stereocenters. The third kappa shape index (κ3) is 1.08. The molecule has 62 valence electrons. The van der Waals surface area contributed by atoms with Crippen molar-refractivity contribution in [3.63, 3.8) is 0 Å². The predicted molar refractivity (Wildman–Crippen MR) is 44.7 cm³/mol. The van der Waals surface area contributed by atoms with Crippen LogP contribution in [0.5, 0.6) is 0 Å². The van der Waals surface area contributed by atoms with Crippen LogP contribution in [-0.2, 0) is 11.3 Å². The summed E-state index contributed by atoms with van der Waals surface area (Å²) in [7, 11) is 1.66. The highest BCUT2D eigenvalue weighted by Gasteiger charge is 2.03. The van der Waals surface area contributed by atoms with E-state index in [2.05, 4.69) is 4.98 Å². The molecule has 2 rings (SSSR count). The Kier molecular flexibility index (Phi) is 1.80. The Balaban J connectivity index is 2.57. The lowest BCUT2D eigenvalue weighted by Gasteiger charge is -1.98. The largest absolute Gasteiger partial charge is 0.462 e. The quantitative estimate of drug-likeness (QED) is 0.679. The van der Waals surface area contributed by atoms with Crippen molar-refractivity contribution in [2.75, 3.05) is 7.11 Å². The third-order valence-electron chi connectivity index (χ3n) is 1.73. The van der Waals surface area contributed by atoms with Crippen molar-refractivity contribution in [2.45, 2.75) is 6.61 Å². The van der Waals surface area contributed by atoms with Gasteiger partial charge in [0.05, 0.1) is 12.9 Å². The highest BCUT2D eigenvalue weighted by Crippen LogP contribution is 2.17. The molecule has 0 radical (unpaired) electrons. The third-order valence-corrected chi connectivity index (χ3v) is 1.73. The van der Waals surface area contributed by atoms with E-state index < -0.39 is 0 Å². The first kappa shape index (κ1) is 7.31. The Bertz CT molecular complexity index is 381. The number of fused-ring (bicyclic) bond motifs is 1. The maximum absolute atomic E-state index is 5.26. The molecule has 0 fully saturated rings. The summed E-state index contributed by atoms with van der Waals surface area (Å²) in [5, 5.41) is 0. The lowest BCUT2D eigenvalue weighted by Crippen LogP contribution is -1.88. The summed E-state index contributed by atoms with van der Waals surface area (Å²) >= 11 is 0. The van der Waals surface area contributed by atoms with Crippen LogP contribution in [0.2, 0.25) is 0 Å². The summed E-state index contributed by atoms with van der Waals surface area (Å²) in [6, 6.07) is 3.74. The van der Waals surface area contributed by atoms with E-state index in [-0.39, 0.29) is 0 Å². The van der Waals surface area contributed by atoms with Gasteiger partial charge in [0, 0.05) is 24.9 Å². The second kappa shape index (κ2) is 2.95. The second-order valence-electron chi connectivity index (χ2n) is 2.54. The zero-order chi connectivity index (χ0) is 8.39. The van der Waals surface area contributed by atoms with E-state index in [1.807, 2.05) is 12.1 Å². The summed E-state index contributed by atoms with van der Waals surface area (Å²) in [5.41, 5.74) is 2.73. The predicted octanol–water partition coefficient (Wildman–Crippen LogP) is 1.97. The number of pyridine rings is 1. The molecule has 0 unspecified atom stereocenters. The normalized spacial score (nSPS) is 10.8. The van der Waals surface area contributed by atoms with Gasteiger partial charge < -0.3 is 9.15 Å². The van der Waals surface area contributed by atoms with Crippen LogP contribution in [0.4, 0.5) is 0 Å².